The highest BCUT2D eigenvalue weighted by atomic mass is 16.6. The molecule has 0 aliphatic heterocycles. The lowest BCUT2D eigenvalue weighted by Crippen LogP contribution is -2.03. The molecule has 4 heteroatoms. The fraction of sp³-hybridized carbons (Fsp3) is 0.833. The zero-order chi connectivity index (χ0) is 7.66. The molecule has 2 N–H and O–H groups in total. The lowest BCUT2D eigenvalue weighted by molar-refractivity contribution is 0.0567. The summed E-state index contributed by atoms with van der Waals surface area (Å²) in [5, 5.41) is 3.53. The maximum atomic E-state index is 5.11. The third-order valence-electron chi connectivity index (χ3n) is 0.778. The Hall–Kier alpha value is -0.610. The van der Waals surface area contributed by atoms with E-state index in [4.69, 9.17) is 15.3 Å². The van der Waals surface area contributed by atoms with Crippen molar-refractivity contribution in [3.8, 4) is 0 Å². The maximum absolute atomic E-state index is 5.11. The molecular formula is C6H14N2O2. The van der Waals surface area contributed by atoms with Crippen molar-refractivity contribution in [2.75, 3.05) is 26.4 Å². The molecule has 0 aromatic heterocycles. The first kappa shape index (κ1) is 9.39. The van der Waals surface area contributed by atoms with Crippen LogP contribution in [0.4, 0.5) is 0 Å². The molecule has 0 fully saturated rings. The van der Waals surface area contributed by atoms with Gasteiger partial charge in [0.05, 0.1) is 12.8 Å². The van der Waals surface area contributed by atoms with Crippen LogP contribution in [-0.2, 0) is 9.57 Å². The van der Waals surface area contributed by atoms with E-state index in [-0.39, 0.29) is 0 Å². The SMILES string of the molecule is CCOCCO/N=C/CN. The number of hydrogen-bond acceptors (Lipinski definition) is 4. The summed E-state index contributed by atoms with van der Waals surface area (Å²) in [7, 11) is 0. The van der Waals surface area contributed by atoms with Gasteiger partial charge in [0.25, 0.3) is 0 Å². The molecule has 0 heterocycles. The maximum Gasteiger partial charge on any atom is 0.140 e. The molecule has 0 radical (unpaired) electrons. The standard InChI is InChI=1S/C6H14N2O2/c1-2-9-5-6-10-8-4-3-7/h4H,2-3,5-7H2,1H3/b8-4+. The van der Waals surface area contributed by atoms with Crippen molar-refractivity contribution in [3.05, 3.63) is 0 Å². The molecule has 0 aromatic rings. The number of rotatable bonds is 6. The van der Waals surface area contributed by atoms with E-state index < -0.39 is 0 Å². The minimum Gasteiger partial charge on any atom is -0.394 e. The lowest BCUT2D eigenvalue weighted by Gasteiger charge is -1.97. The van der Waals surface area contributed by atoms with Crippen molar-refractivity contribution in [1.82, 2.24) is 0 Å². The normalized spacial score (nSPS) is 10.6. The molecule has 10 heavy (non-hydrogen) atoms. The van der Waals surface area contributed by atoms with Crippen LogP contribution >= 0.6 is 0 Å². The van der Waals surface area contributed by atoms with E-state index >= 15 is 0 Å². The van der Waals surface area contributed by atoms with Crippen LogP contribution in [0, 0.1) is 0 Å². The van der Waals surface area contributed by atoms with Gasteiger partial charge in [-0.2, -0.15) is 0 Å². The molecule has 4 nitrogen and oxygen atoms in total. The molecule has 0 saturated heterocycles. The van der Waals surface area contributed by atoms with E-state index in [9.17, 15) is 0 Å². The van der Waals surface area contributed by atoms with Crippen LogP contribution < -0.4 is 5.73 Å². The number of hydrogen-bond donors (Lipinski definition) is 1. The topological polar surface area (TPSA) is 56.8 Å². The van der Waals surface area contributed by atoms with Crippen LogP contribution in [0.25, 0.3) is 0 Å². The highest BCUT2D eigenvalue weighted by molar-refractivity contribution is 5.58. The van der Waals surface area contributed by atoms with Gasteiger partial charge in [0.2, 0.25) is 0 Å². The van der Waals surface area contributed by atoms with Crippen LogP contribution in [-0.4, -0.2) is 32.6 Å². The molecule has 60 valence electrons. The third kappa shape index (κ3) is 7.39. The second-order valence-electron chi connectivity index (χ2n) is 1.55. The summed E-state index contributed by atoms with van der Waals surface area (Å²) >= 11 is 0. The largest absolute Gasteiger partial charge is 0.394 e. The fourth-order valence-corrected chi connectivity index (χ4v) is 0.389. The highest BCUT2D eigenvalue weighted by Gasteiger charge is 1.82. The van der Waals surface area contributed by atoms with E-state index in [0.29, 0.717) is 26.4 Å². The van der Waals surface area contributed by atoms with Gasteiger partial charge in [-0.25, -0.2) is 0 Å². The summed E-state index contributed by atoms with van der Waals surface area (Å²) in [6.07, 6.45) is 1.51. The van der Waals surface area contributed by atoms with Crippen LogP contribution in [0.5, 0.6) is 0 Å². The molecular weight excluding hydrogens is 132 g/mol. The Morgan fingerprint density at radius 3 is 2.90 bits per heavy atom. The summed E-state index contributed by atoms with van der Waals surface area (Å²) in [6, 6.07) is 0. The molecule has 0 spiro atoms. The van der Waals surface area contributed by atoms with Gasteiger partial charge in [-0.3, -0.25) is 0 Å². The Morgan fingerprint density at radius 2 is 2.30 bits per heavy atom. The van der Waals surface area contributed by atoms with Crippen molar-refractivity contribution in [1.29, 1.82) is 0 Å². The monoisotopic (exact) mass is 146 g/mol. The second kappa shape index (κ2) is 8.39. The van der Waals surface area contributed by atoms with Gasteiger partial charge in [0.15, 0.2) is 0 Å². The van der Waals surface area contributed by atoms with Gasteiger partial charge < -0.3 is 15.3 Å². The number of oxime groups is 1. The van der Waals surface area contributed by atoms with Gasteiger partial charge in [-0.05, 0) is 6.92 Å². The van der Waals surface area contributed by atoms with Gasteiger partial charge in [0, 0.05) is 13.2 Å². The molecule has 0 aliphatic rings. The summed E-state index contributed by atoms with van der Waals surface area (Å²) in [4.78, 5) is 4.74. The third-order valence-corrected chi connectivity index (χ3v) is 0.778. The summed E-state index contributed by atoms with van der Waals surface area (Å²) in [5.74, 6) is 0. The van der Waals surface area contributed by atoms with Crippen molar-refractivity contribution in [2.24, 2.45) is 10.9 Å². The minimum atomic E-state index is 0.411. The van der Waals surface area contributed by atoms with Crippen LogP contribution in [0.15, 0.2) is 5.16 Å². The van der Waals surface area contributed by atoms with Crippen molar-refractivity contribution >= 4 is 6.21 Å². The summed E-state index contributed by atoms with van der Waals surface area (Å²) in [6.45, 7) is 4.13. The van der Waals surface area contributed by atoms with Crippen LogP contribution in [0.3, 0.4) is 0 Å². The molecule has 0 aliphatic carbocycles. The van der Waals surface area contributed by atoms with Crippen molar-refractivity contribution in [2.45, 2.75) is 6.92 Å². The Morgan fingerprint density at radius 1 is 1.50 bits per heavy atom. The van der Waals surface area contributed by atoms with Gasteiger partial charge >= 0.3 is 0 Å². The molecule has 0 atom stereocenters. The Kier molecular flexibility index (Phi) is 7.88. The molecule has 0 unspecified atom stereocenters. The van der Waals surface area contributed by atoms with Gasteiger partial charge in [0.1, 0.15) is 6.61 Å². The van der Waals surface area contributed by atoms with Crippen molar-refractivity contribution in [3.63, 3.8) is 0 Å². The predicted molar refractivity (Wildman–Crippen MR) is 40.0 cm³/mol. The van der Waals surface area contributed by atoms with Crippen LogP contribution in [0.1, 0.15) is 6.92 Å². The number of ether oxygens (including phenoxy) is 1. The number of nitrogens with two attached hydrogens (primary N) is 1. The first-order valence-electron chi connectivity index (χ1n) is 3.33. The first-order chi connectivity index (χ1) is 4.91. The summed E-state index contributed by atoms with van der Waals surface area (Å²) in [5.41, 5.74) is 5.11. The molecule has 0 saturated carbocycles. The highest BCUT2D eigenvalue weighted by Crippen LogP contribution is 1.76. The molecule has 0 aromatic carbocycles. The predicted octanol–water partition coefficient (Wildman–Crippen LogP) is -0.0160. The Balaban J connectivity index is 2.83. The Bertz CT molecular complexity index is 85.8. The second-order valence-corrected chi connectivity index (χ2v) is 1.55. The van der Waals surface area contributed by atoms with Gasteiger partial charge in [-0.15, -0.1) is 0 Å². The van der Waals surface area contributed by atoms with E-state index in [1.165, 1.54) is 6.21 Å². The average molecular weight is 146 g/mol. The lowest BCUT2D eigenvalue weighted by atomic mass is 10.7. The molecule has 0 rings (SSSR count). The zero-order valence-corrected chi connectivity index (χ0v) is 6.25. The molecule has 0 amide bonds. The quantitative estimate of drug-likeness (QED) is 0.325. The van der Waals surface area contributed by atoms with E-state index in [1.54, 1.807) is 0 Å². The van der Waals surface area contributed by atoms with E-state index in [2.05, 4.69) is 5.16 Å². The minimum absolute atomic E-state index is 0.411. The fourth-order valence-electron chi connectivity index (χ4n) is 0.389. The van der Waals surface area contributed by atoms with Crippen LogP contribution in [0.2, 0.25) is 0 Å². The van der Waals surface area contributed by atoms with Crippen molar-refractivity contribution < 1.29 is 9.57 Å². The molecule has 0 bridgehead atoms. The number of nitrogens with zero attached hydrogens (tertiary/aromatic N) is 1. The summed E-state index contributed by atoms with van der Waals surface area (Å²) < 4.78 is 4.98. The average Bonchev–Trinajstić information content (AvgIpc) is 1.97. The van der Waals surface area contributed by atoms with E-state index in [1.807, 2.05) is 6.92 Å². The smallest absolute Gasteiger partial charge is 0.140 e. The zero-order valence-electron chi connectivity index (χ0n) is 6.25. The first-order valence-corrected chi connectivity index (χ1v) is 3.33. The Labute approximate surface area is 61.0 Å². The van der Waals surface area contributed by atoms with E-state index in [0.717, 1.165) is 0 Å². The van der Waals surface area contributed by atoms with Gasteiger partial charge in [-0.1, -0.05) is 5.16 Å².